The molecular weight excluding hydrogens is 370 g/mol. The van der Waals surface area contributed by atoms with Crippen LogP contribution in [0.2, 0.25) is 0 Å². The van der Waals surface area contributed by atoms with Crippen molar-refractivity contribution in [2.75, 3.05) is 18.5 Å². The normalized spacial score (nSPS) is 13.7. The first-order valence-corrected chi connectivity index (χ1v) is 10.3. The van der Waals surface area contributed by atoms with Crippen LogP contribution in [0.5, 0.6) is 5.75 Å². The molecule has 4 rings (SSSR count). The number of para-hydroxylation sites is 1. The first-order valence-electron chi connectivity index (χ1n) is 9.49. The molecule has 5 nitrogen and oxygen atoms in total. The van der Waals surface area contributed by atoms with Crippen LogP contribution >= 0.6 is 11.3 Å². The Morgan fingerprint density at radius 2 is 1.86 bits per heavy atom. The van der Waals surface area contributed by atoms with Crippen molar-refractivity contribution in [3.8, 4) is 5.75 Å². The van der Waals surface area contributed by atoms with E-state index in [0.717, 1.165) is 37.5 Å². The monoisotopic (exact) mass is 393 g/mol. The summed E-state index contributed by atoms with van der Waals surface area (Å²) in [5, 5.41) is 3.61. The van der Waals surface area contributed by atoms with Gasteiger partial charge in [0, 0.05) is 30.9 Å². The number of amides is 1. The summed E-state index contributed by atoms with van der Waals surface area (Å²) in [6, 6.07) is 20.0. The second kappa shape index (κ2) is 8.99. The molecule has 1 N–H and O–H groups in total. The van der Waals surface area contributed by atoms with Gasteiger partial charge in [-0.25, -0.2) is 4.98 Å². The number of carbonyl (C=O) groups excluding carboxylic acids is 1. The van der Waals surface area contributed by atoms with Gasteiger partial charge in [0.2, 0.25) is 5.91 Å². The fourth-order valence-corrected chi connectivity index (χ4v) is 4.31. The van der Waals surface area contributed by atoms with Gasteiger partial charge in [-0.15, -0.1) is 11.3 Å². The number of fused-ring (bicyclic) bond motifs is 1. The molecule has 0 aliphatic carbocycles. The van der Waals surface area contributed by atoms with Crippen molar-refractivity contribution in [1.82, 2.24) is 9.88 Å². The SMILES string of the molecule is O=C(CCOc1ccccc1)Nc1nc2c(s1)CN(Cc1ccccc1)CC2. The summed E-state index contributed by atoms with van der Waals surface area (Å²) in [6.07, 6.45) is 1.23. The molecule has 0 spiro atoms. The van der Waals surface area contributed by atoms with Gasteiger partial charge in [-0.3, -0.25) is 9.69 Å². The van der Waals surface area contributed by atoms with Crippen LogP contribution in [0.15, 0.2) is 60.7 Å². The number of anilines is 1. The lowest BCUT2D eigenvalue weighted by Crippen LogP contribution is -2.29. The third-order valence-corrected chi connectivity index (χ3v) is 5.64. The summed E-state index contributed by atoms with van der Waals surface area (Å²) >= 11 is 1.58. The Kier molecular flexibility index (Phi) is 5.99. The van der Waals surface area contributed by atoms with Gasteiger partial charge >= 0.3 is 0 Å². The third kappa shape index (κ3) is 4.97. The van der Waals surface area contributed by atoms with Crippen LogP contribution in [0.25, 0.3) is 0 Å². The highest BCUT2D eigenvalue weighted by molar-refractivity contribution is 7.15. The van der Waals surface area contributed by atoms with Crippen molar-refractivity contribution in [3.05, 3.63) is 76.8 Å². The van der Waals surface area contributed by atoms with E-state index in [-0.39, 0.29) is 5.91 Å². The summed E-state index contributed by atoms with van der Waals surface area (Å²) in [5.74, 6) is 0.710. The van der Waals surface area contributed by atoms with Gasteiger partial charge in [-0.05, 0) is 17.7 Å². The van der Waals surface area contributed by atoms with E-state index in [1.165, 1.54) is 10.4 Å². The predicted molar refractivity (Wildman–Crippen MR) is 112 cm³/mol. The Balaban J connectivity index is 1.27. The van der Waals surface area contributed by atoms with Crippen LogP contribution in [0.3, 0.4) is 0 Å². The van der Waals surface area contributed by atoms with Crippen LogP contribution < -0.4 is 10.1 Å². The molecular formula is C22H23N3O2S. The minimum atomic E-state index is -0.0665. The maximum absolute atomic E-state index is 12.2. The number of ether oxygens (including phenoxy) is 1. The van der Waals surface area contributed by atoms with E-state index in [1.54, 1.807) is 11.3 Å². The van der Waals surface area contributed by atoms with Crippen LogP contribution in [-0.2, 0) is 24.3 Å². The van der Waals surface area contributed by atoms with E-state index in [0.29, 0.717) is 18.2 Å². The van der Waals surface area contributed by atoms with Crippen molar-refractivity contribution in [3.63, 3.8) is 0 Å². The molecule has 0 saturated carbocycles. The minimum Gasteiger partial charge on any atom is -0.493 e. The molecule has 0 saturated heterocycles. The molecule has 0 bridgehead atoms. The van der Waals surface area contributed by atoms with E-state index >= 15 is 0 Å². The fraction of sp³-hybridized carbons (Fsp3) is 0.273. The average molecular weight is 394 g/mol. The van der Waals surface area contributed by atoms with Crippen molar-refractivity contribution < 1.29 is 9.53 Å². The van der Waals surface area contributed by atoms with Gasteiger partial charge in [0.15, 0.2) is 5.13 Å². The predicted octanol–water partition coefficient (Wildman–Crippen LogP) is 4.11. The van der Waals surface area contributed by atoms with Crippen molar-refractivity contribution >= 4 is 22.4 Å². The van der Waals surface area contributed by atoms with Crippen LogP contribution in [0, 0.1) is 0 Å². The summed E-state index contributed by atoms with van der Waals surface area (Å²) in [7, 11) is 0. The largest absolute Gasteiger partial charge is 0.493 e. The Morgan fingerprint density at radius 1 is 1.11 bits per heavy atom. The maximum Gasteiger partial charge on any atom is 0.229 e. The van der Waals surface area contributed by atoms with Crippen molar-refractivity contribution in [2.24, 2.45) is 0 Å². The molecule has 1 aliphatic rings. The number of benzene rings is 2. The van der Waals surface area contributed by atoms with Crippen molar-refractivity contribution in [2.45, 2.75) is 25.9 Å². The van der Waals surface area contributed by atoms with Crippen molar-refractivity contribution in [1.29, 1.82) is 0 Å². The van der Waals surface area contributed by atoms with Gasteiger partial charge in [0.25, 0.3) is 0 Å². The van der Waals surface area contributed by atoms with E-state index < -0.39 is 0 Å². The average Bonchev–Trinajstić information content (AvgIpc) is 3.11. The molecule has 0 fully saturated rings. The standard InChI is InChI=1S/C22H23N3O2S/c26-21(12-14-27-18-9-5-2-6-10-18)24-22-23-19-11-13-25(16-20(19)28-22)15-17-7-3-1-4-8-17/h1-10H,11-16H2,(H,23,24,26). The smallest absolute Gasteiger partial charge is 0.229 e. The van der Waals surface area contributed by atoms with Gasteiger partial charge in [0.05, 0.1) is 18.7 Å². The molecule has 1 amide bonds. The number of hydrogen-bond acceptors (Lipinski definition) is 5. The molecule has 1 aromatic heterocycles. The van der Waals surface area contributed by atoms with Crippen LogP contribution in [0.1, 0.15) is 22.6 Å². The third-order valence-electron chi connectivity index (χ3n) is 4.65. The molecule has 0 radical (unpaired) electrons. The summed E-state index contributed by atoms with van der Waals surface area (Å²) in [5.41, 5.74) is 2.44. The molecule has 28 heavy (non-hydrogen) atoms. The van der Waals surface area contributed by atoms with Crippen LogP contribution in [0.4, 0.5) is 5.13 Å². The Morgan fingerprint density at radius 3 is 2.64 bits per heavy atom. The zero-order chi connectivity index (χ0) is 19.2. The Labute approximate surface area is 169 Å². The highest BCUT2D eigenvalue weighted by Crippen LogP contribution is 2.29. The molecule has 2 heterocycles. The van der Waals surface area contributed by atoms with Crippen LogP contribution in [-0.4, -0.2) is 28.9 Å². The van der Waals surface area contributed by atoms with E-state index in [2.05, 4.69) is 39.5 Å². The molecule has 1 aliphatic heterocycles. The lowest BCUT2D eigenvalue weighted by molar-refractivity contribution is -0.116. The van der Waals surface area contributed by atoms with Gasteiger partial charge in [-0.2, -0.15) is 0 Å². The summed E-state index contributed by atoms with van der Waals surface area (Å²) in [4.78, 5) is 20.5. The highest BCUT2D eigenvalue weighted by Gasteiger charge is 2.21. The Bertz CT molecular complexity index is 912. The number of thiazole rings is 1. The van der Waals surface area contributed by atoms with Gasteiger partial charge < -0.3 is 10.1 Å². The molecule has 144 valence electrons. The minimum absolute atomic E-state index is 0.0665. The van der Waals surface area contributed by atoms with E-state index in [4.69, 9.17) is 4.74 Å². The molecule has 0 unspecified atom stereocenters. The second-order valence-electron chi connectivity index (χ2n) is 6.79. The number of nitrogens with one attached hydrogen (secondary N) is 1. The zero-order valence-corrected chi connectivity index (χ0v) is 16.5. The van der Waals surface area contributed by atoms with Gasteiger partial charge in [0.1, 0.15) is 5.75 Å². The number of hydrogen-bond donors (Lipinski definition) is 1. The number of carbonyl (C=O) groups is 1. The zero-order valence-electron chi connectivity index (χ0n) is 15.6. The highest BCUT2D eigenvalue weighted by atomic mass is 32.1. The molecule has 2 aromatic carbocycles. The number of aromatic nitrogens is 1. The summed E-state index contributed by atoms with van der Waals surface area (Å²) < 4.78 is 5.58. The first kappa shape index (κ1) is 18.7. The first-order chi connectivity index (χ1) is 13.8. The molecule has 0 atom stereocenters. The van der Waals surface area contributed by atoms with Gasteiger partial charge in [-0.1, -0.05) is 48.5 Å². The maximum atomic E-state index is 12.2. The van der Waals surface area contributed by atoms with E-state index in [9.17, 15) is 4.79 Å². The topological polar surface area (TPSA) is 54.5 Å². The summed E-state index contributed by atoms with van der Waals surface area (Å²) in [6.45, 7) is 3.17. The molecule has 6 heteroatoms. The Hall–Kier alpha value is -2.70. The second-order valence-corrected chi connectivity index (χ2v) is 7.88. The lowest BCUT2D eigenvalue weighted by Gasteiger charge is -2.25. The lowest BCUT2D eigenvalue weighted by atomic mass is 10.1. The van der Waals surface area contributed by atoms with E-state index in [1.807, 2.05) is 36.4 Å². The number of rotatable bonds is 7. The number of nitrogens with zero attached hydrogens (tertiary/aromatic N) is 2. The fourth-order valence-electron chi connectivity index (χ4n) is 3.24. The molecule has 3 aromatic rings. The quantitative estimate of drug-likeness (QED) is 0.656.